The molecular weight excluding hydrogens is 245 g/mol. The normalized spacial score (nSPS) is 25.5. The van der Waals surface area contributed by atoms with E-state index in [9.17, 15) is 9.18 Å². The van der Waals surface area contributed by atoms with Crippen LogP contribution >= 0.6 is 0 Å². The number of anilines is 1. The van der Waals surface area contributed by atoms with Crippen molar-refractivity contribution < 1.29 is 9.18 Å². The molecule has 1 heterocycles. The highest BCUT2D eigenvalue weighted by atomic mass is 19.1. The SMILES string of the molecule is CC1CCN(c2cccc(F)c2)C(=O)C(CN)N1C. The van der Waals surface area contributed by atoms with Crippen molar-refractivity contribution in [1.82, 2.24) is 4.90 Å². The summed E-state index contributed by atoms with van der Waals surface area (Å²) >= 11 is 0. The Morgan fingerprint density at radius 1 is 1.47 bits per heavy atom. The maximum atomic E-state index is 13.3. The lowest BCUT2D eigenvalue weighted by Crippen LogP contribution is -2.50. The Labute approximate surface area is 113 Å². The lowest BCUT2D eigenvalue weighted by atomic mass is 10.2. The van der Waals surface area contributed by atoms with E-state index in [0.717, 1.165) is 6.42 Å². The Hall–Kier alpha value is -1.46. The molecule has 1 amide bonds. The number of likely N-dealkylation sites (N-methyl/N-ethyl adjacent to an activating group) is 1. The monoisotopic (exact) mass is 265 g/mol. The molecule has 1 aliphatic rings. The molecule has 5 heteroatoms. The van der Waals surface area contributed by atoms with Crippen molar-refractivity contribution in [1.29, 1.82) is 0 Å². The van der Waals surface area contributed by atoms with Gasteiger partial charge in [0.25, 0.3) is 0 Å². The fraction of sp³-hybridized carbons (Fsp3) is 0.500. The Morgan fingerprint density at radius 3 is 2.84 bits per heavy atom. The largest absolute Gasteiger partial charge is 0.328 e. The van der Waals surface area contributed by atoms with Crippen LogP contribution in [0.15, 0.2) is 24.3 Å². The number of nitrogens with zero attached hydrogens (tertiary/aromatic N) is 2. The smallest absolute Gasteiger partial charge is 0.245 e. The summed E-state index contributed by atoms with van der Waals surface area (Å²) in [5.41, 5.74) is 6.33. The van der Waals surface area contributed by atoms with Gasteiger partial charge in [0.2, 0.25) is 5.91 Å². The molecule has 1 aromatic rings. The summed E-state index contributed by atoms with van der Waals surface area (Å²) in [7, 11) is 1.91. The molecule has 0 radical (unpaired) electrons. The molecule has 0 saturated carbocycles. The topological polar surface area (TPSA) is 49.6 Å². The van der Waals surface area contributed by atoms with Gasteiger partial charge in [-0.2, -0.15) is 0 Å². The summed E-state index contributed by atoms with van der Waals surface area (Å²) in [5, 5.41) is 0. The molecule has 1 saturated heterocycles. The molecule has 0 spiro atoms. The molecule has 1 aromatic carbocycles. The van der Waals surface area contributed by atoms with Gasteiger partial charge >= 0.3 is 0 Å². The van der Waals surface area contributed by atoms with Gasteiger partial charge in [-0.25, -0.2) is 4.39 Å². The Bertz CT molecular complexity index is 466. The Balaban J connectivity index is 2.32. The quantitative estimate of drug-likeness (QED) is 0.874. The van der Waals surface area contributed by atoms with Crippen molar-refractivity contribution in [2.24, 2.45) is 5.73 Å². The van der Waals surface area contributed by atoms with Crippen LogP contribution < -0.4 is 10.6 Å². The molecule has 1 aliphatic heterocycles. The van der Waals surface area contributed by atoms with Gasteiger partial charge < -0.3 is 10.6 Å². The predicted molar refractivity (Wildman–Crippen MR) is 73.4 cm³/mol. The van der Waals surface area contributed by atoms with Crippen LogP contribution in [0.1, 0.15) is 13.3 Å². The van der Waals surface area contributed by atoms with Crippen molar-refractivity contribution in [3.05, 3.63) is 30.1 Å². The van der Waals surface area contributed by atoms with E-state index in [-0.39, 0.29) is 30.4 Å². The van der Waals surface area contributed by atoms with Gasteiger partial charge in [-0.15, -0.1) is 0 Å². The van der Waals surface area contributed by atoms with Crippen molar-refractivity contribution in [2.75, 3.05) is 25.0 Å². The van der Waals surface area contributed by atoms with Crippen LogP contribution in [0.2, 0.25) is 0 Å². The molecular formula is C14H20FN3O. The van der Waals surface area contributed by atoms with Crippen molar-refractivity contribution >= 4 is 11.6 Å². The molecule has 0 aromatic heterocycles. The molecule has 104 valence electrons. The Morgan fingerprint density at radius 2 is 2.21 bits per heavy atom. The minimum absolute atomic E-state index is 0.0556. The summed E-state index contributed by atoms with van der Waals surface area (Å²) in [5.74, 6) is -0.389. The summed E-state index contributed by atoms with van der Waals surface area (Å²) in [4.78, 5) is 16.2. The van der Waals surface area contributed by atoms with Gasteiger partial charge in [0.15, 0.2) is 0 Å². The zero-order valence-corrected chi connectivity index (χ0v) is 11.3. The highest BCUT2D eigenvalue weighted by Crippen LogP contribution is 2.22. The number of benzene rings is 1. The Kier molecular flexibility index (Phi) is 4.17. The molecule has 0 bridgehead atoms. The summed E-state index contributed by atoms with van der Waals surface area (Å²) in [6, 6.07) is 6.07. The van der Waals surface area contributed by atoms with Crippen LogP contribution in [0.3, 0.4) is 0 Å². The van der Waals surface area contributed by atoms with Gasteiger partial charge in [-0.3, -0.25) is 9.69 Å². The van der Waals surface area contributed by atoms with E-state index in [0.29, 0.717) is 12.2 Å². The van der Waals surface area contributed by atoms with E-state index in [4.69, 9.17) is 5.73 Å². The second-order valence-electron chi connectivity index (χ2n) is 5.02. The van der Waals surface area contributed by atoms with Gasteiger partial charge in [-0.1, -0.05) is 6.07 Å². The third-order valence-corrected chi connectivity index (χ3v) is 3.85. The van der Waals surface area contributed by atoms with E-state index in [2.05, 4.69) is 6.92 Å². The number of hydrogen-bond donors (Lipinski definition) is 1. The lowest BCUT2D eigenvalue weighted by molar-refractivity contribution is -0.122. The van der Waals surface area contributed by atoms with E-state index >= 15 is 0 Å². The number of carbonyl (C=O) groups excluding carboxylic acids is 1. The van der Waals surface area contributed by atoms with Gasteiger partial charge in [0.05, 0.1) is 0 Å². The van der Waals surface area contributed by atoms with Crippen LogP contribution in [0.4, 0.5) is 10.1 Å². The molecule has 2 N–H and O–H groups in total. The maximum Gasteiger partial charge on any atom is 0.245 e. The van der Waals surface area contributed by atoms with E-state index in [1.807, 2.05) is 11.9 Å². The van der Waals surface area contributed by atoms with Crippen LogP contribution in [0.25, 0.3) is 0 Å². The highest BCUT2D eigenvalue weighted by Gasteiger charge is 2.33. The molecule has 2 unspecified atom stereocenters. The average molecular weight is 265 g/mol. The first-order valence-corrected chi connectivity index (χ1v) is 6.53. The number of hydrogen-bond acceptors (Lipinski definition) is 3. The number of carbonyl (C=O) groups is 1. The van der Waals surface area contributed by atoms with Crippen LogP contribution in [-0.4, -0.2) is 43.0 Å². The number of rotatable bonds is 2. The van der Waals surface area contributed by atoms with E-state index in [1.165, 1.54) is 12.1 Å². The summed E-state index contributed by atoms with van der Waals surface area (Å²) in [6.07, 6.45) is 0.843. The van der Waals surface area contributed by atoms with Crippen molar-refractivity contribution in [3.63, 3.8) is 0 Å². The standard InChI is InChI=1S/C14H20FN3O/c1-10-6-7-18(12-5-3-4-11(15)8-12)14(19)13(9-16)17(10)2/h3-5,8,10,13H,6-7,9,16H2,1-2H3. The van der Waals surface area contributed by atoms with Gasteiger partial charge in [-0.05, 0) is 38.6 Å². The van der Waals surface area contributed by atoms with E-state index < -0.39 is 0 Å². The minimum Gasteiger partial charge on any atom is -0.328 e. The first-order valence-electron chi connectivity index (χ1n) is 6.53. The fourth-order valence-corrected chi connectivity index (χ4v) is 2.46. The van der Waals surface area contributed by atoms with Gasteiger partial charge in [0, 0.05) is 24.8 Å². The number of halogens is 1. The lowest BCUT2D eigenvalue weighted by Gasteiger charge is -2.29. The molecule has 1 fully saturated rings. The maximum absolute atomic E-state index is 13.3. The minimum atomic E-state index is -0.347. The zero-order chi connectivity index (χ0) is 14.0. The second-order valence-corrected chi connectivity index (χ2v) is 5.02. The summed E-state index contributed by atoms with van der Waals surface area (Å²) < 4.78 is 13.3. The highest BCUT2D eigenvalue weighted by molar-refractivity contribution is 5.97. The third-order valence-electron chi connectivity index (χ3n) is 3.85. The average Bonchev–Trinajstić information content (AvgIpc) is 2.48. The van der Waals surface area contributed by atoms with Crippen LogP contribution in [-0.2, 0) is 4.79 Å². The number of nitrogens with two attached hydrogens (primary N) is 1. The second kappa shape index (κ2) is 5.67. The fourth-order valence-electron chi connectivity index (χ4n) is 2.46. The molecule has 19 heavy (non-hydrogen) atoms. The van der Waals surface area contributed by atoms with Crippen LogP contribution in [0, 0.1) is 5.82 Å². The molecule has 2 rings (SSSR count). The first-order chi connectivity index (χ1) is 9.04. The number of amides is 1. The zero-order valence-electron chi connectivity index (χ0n) is 11.3. The van der Waals surface area contributed by atoms with Gasteiger partial charge in [0.1, 0.15) is 11.9 Å². The summed E-state index contributed by atoms with van der Waals surface area (Å²) in [6.45, 7) is 2.93. The molecule has 2 atom stereocenters. The van der Waals surface area contributed by atoms with E-state index in [1.54, 1.807) is 17.0 Å². The van der Waals surface area contributed by atoms with Crippen molar-refractivity contribution in [2.45, 2.75) is 25.4 Å². The van der Waals surface area contributed by atoms with Crippen LogP contribution in [0.5, 0.6) is 0 Å². The molecule has 4 nitrogen and oxygen atoms in total. The first kappa shape index (κ1) is 14.0. The molecule has 0 aliphatic carbocycles. The third kappa shape index (κ3) is 2.77. The predicted octanol–water partition coefficient (Wildman–Crippen LogP) is 1.21. The van der Waals surface area contributed by atoms with Crippen molar-refractivity contribution in [3.8, 4) is 0 Å².